The van der Waals surface area contributed by atoms with E-state index in [2.05, 4.69) is 5.32 Å². The van der Waals surface area contributed by atoms with Crippen molar-refractivity contribution in [1.82, 2.24) is 10.2 Å². The predicted octanol–water partition coefficient (Wildman–Crippen LogP) is 1.64. The lowest BCUT2D eigenvalue weighted by atomic mass is 10.1. The predicted molar refractivity (Wildman–Crippen MR) is 78.6 cm³/mol. The summed E-state index contributed by atoms with van der Waals surface area (Å²) in [7, 11) is 3.34. The first kappa shape index (κ1) is 14.4. The molecule has 0 spiro atoms. The van der Waals surface area contributed by atoms with Gasteiger partial charge in [0, 0.05) is 37.0 Å². The molecule has 0 unspecified atom stereocenters. The van der Waals surface area contributed by atoms with Crippen molar-refractivity contribution in [3.8, 4) is 0 Å². The van der Waals surface area contributed by atoms with Gasteiger partial charge in [-0.25, -0.2) is 0 Å². The van der Waals surface area contributed by atoms with Gasteiger partial charge in [0.25, 0.3) is 11.8 Å². The van der Waals surface area contributed by atoms with Crippen molar-refractivity contribution >= 4 is 17.5 Å². The fraction of sp³-hybridized carbons (Fsp3) is 0.467. The van der Waals surface area contributed by atoms with Crippen molar-refractivity contribution in [3.63, 3.8) is 0 Å². The van der Waals surface area contributed by atoms with E-state index in [4.69, 9.17) is 5.73 Å². The van der Waals surface area contributed by atoms with Gasteiger partial charge >= 0.3 is 0 Å². The number of nitrogen functional groups attached to an aromatic ring is 1. The molecule has 5 heteroatoms. The van der Waals surface area contributed by atoms with E-state index in [9.17, 15) is 9.59 Å². The van der Waals surface area contributed by atoms with Crippen LogP contribution in [0.1, 0.15) is 46.4 Å². The Morgan fingerprint density at radius 1 is 1.15 bits per heavy atom. The molecule has 1 fully saturated rings. The molecule has 1 aliphatic rings. The molecule has 0 radical (unpaired) electrons. The lowest BCUT2D eigenvalue weighted by Gasteiger charge is -2.14. The number of hydrogen-bond acceptors (Lipinski definition) is 3. The van der Waals surface area contributed by atoms with Crippen LogP contribution in [0, 0.1) is 0 Å². The van der Waals surface area contributed by atoms with E-state index in [0.29, 0.717) is 16.8 Å². The first-order chi connectivity index (χ1) is 9.47. The molecule has 20 heavy (non-hydrogen) atoms. The molecule has 0 atom stereocenters. The summed E-state index contributed by atoms with van der Waals surface area (Å²) in [6.45, 7) is 0. The molecule has 0 bridgehead atoms. The number of rotatable bonds is 3. The molecular weight excluding hydrogens is 254 g/mol. The van der Waals surface area contributed by atoms with Crippen LogP contribution in [0.25, 0.3) is 0 Å². The van der Waals surface area contributed by atoms with Crippen LogP contribution >= 0.6 is 0 Å². The van der Waals surface area contributed by atoms with Crippen LogP contribution < -0.4 is 11.1 Å². The van der Waals surface area contributed by atoms with Crippen LogP contribution in [-0.2, 0) is 0 Å². The monoisotopic (exact) mass is 275 g/mol. The molecule has 0 aromatic heterocycles. The number of nitrogens with two attached hydrogens (primary N) is 1. The third-order valence-corrected chi connectivity index (χ3v) is 3.56. The zero-order valence-electron chi connectivity index (χ0n) is 12.0. The van der Waals surface area contributed by atoms with Crippen LogP contribution in [-0.4, -0.2) is 36.9 Å². The molecule has 0 saturated heterocycles. The van der Waals surface area contributed by atoms with Crippen molar-refractivity contribution < 1.29 is 9.59 Å². The Morgan fingerprint density at radius 2 is 1.75 bits per heavy atom. The van der Waals surface area contributed by atoms with E-state index < -0.39 is 0 Å². The van der Waals surface area contributed by atoms with Crippen LogP contribution in [0.5, 0.6) is 0 Å². The number of hydrogen-bond donors (Lipinski definition) is 2. The highest BCUT2D eigenvalue weighted by Gasteiger charge is 2.19. The maximum absolute atomic E-state index is 12.2. The zero-order valence-corrected chi connectivity index (χ0v) is 12.0. The Bertz CT molecular complexity index is 520. The molecule has 5 nitrogen and oxygen atoms in total. The molecule has 1 aromatic rings. The highest BCUT2D eigenvalue weighted by Crippen LogP contribution is 2.19. The summed E-state index contributed by atoms with van der Waals surface area (Å²) in [6.07, 6.45) is 4.37. The molecule has 0 aliphatic heterocycles. The average Bonchev–Trinajstić information content (AvgIpc) is 2.89. The Morgan fingerprint density at radius 3 is 2.35 bits per heavy atom. The summed E-state index contributed by atoms with van der Waals surface area (Å²) in [5.41, 5.74) is 7.10. The van der Waals surface area contributed by atoms with Gasteiger partial charge < -0.3 is 16.0 Å². The smallest absolute Gasteiger partial charge is 0.253 e. The Hall–Kier alpha value is -2.04. The van der Waals surface area contributed by atoms with E-state index in [0.717, 1.165) is 25.7 Å². The SMILES string of the molecule is CN(C)C(=O)c1cc(N)cc(C(=O)NC2CCCC2)c1. The summed E-state index contributed by atoms with van der Waals surface area (Å²) >= 11 is 0. The number of nitrogens with zero attached hydrogens (tertiary/aromatic N) is 1. The van der Waals surface area contributed by atoms with E-state index in [1.807, 2.05) is 0 Å². The first-order valence-corrected chi connectivity index (χ1v) is 6.90. The number of anilines is 1. The summed E-state index contributed by atoms with van der Waals surface area (Å²) < 4.78 is 0. The summed E-state index contributed by atoms with van der Waals surface area (Å²) in [5, 5.41) is 3.00. The van der Waals surface area contributed by atoms with Gasteiger partial charge in [0.05, 0.1) is 0 Å². The Kier molecular flexibility index (Phi) is 4.27. The third-order valence-electron chi connectivity index (χ3n) is 3.56. The third kappa shape index (κ3) is 3.29. The lowest BCUT2D eigenvalue weighted by molar-refractivity contribution is 0.0827. The zero-order chi connectivity index (χ0) is 14.7. The van der Waals surface area contributed by atoms with Crippen LogP contribution in [0.4, 0.5) is 5.69 Å². The van der Waals surface area contributed by atoms with Crippen molar-refractivity contribution in [1.29, 1.82) is 0 Å². The van der Waals surface area contributed by atoms with Crippen molar-refractivity contribution in [2.24, 2.45) is 0 Å². The molecule has 1 aliphatic carbocycles. The van der Waals surface area contributed by atoms with E-state index in [-0.39, 0.29) is 17.9 Å². The summed E-state index contributed by atoms with van der Waals surface area (Å²) in [5.74, 6) is -0.316. The molecule has 2 amide bonds. The molecule has 2 rings (SSSR count). The Balaban J connectivity index is 2.18. The normalized spacial score (nSPS) is 15.1. The van der Waals surface area contributed by atoms with Crippen molar-refractivity contribution in [2.75, 3.05) is 19.8 Å². The standard InChI is InChI=1S/C15H21N3O2/c1-18(2)15(20)11-7-10(8-12(16)9-11)14(19)17-13-5-3-4-6-13/h7-9,13H,3-6,16H2,1-2H3,(H,17,19). The fourth-order valence-electron chi connectivity index (χ4n) is 2.50. The van der Waals surface area contributed by atoms with Crippen LogP contribution in [0.3, 0.4) is 0 Å². The minimum Gasteiger partial charge on any atom is -0.399 e. The summed E-state index contributed by atoms with van der Waals surface area (Å²) in [4.78, 5) is 25.6. The second kappa shape index (κ2) is 5.94. The average molecular weight is 275 g/mol. The number of amides is 2. The van der Waals surface area contributed by atoms with Gasteiger partial charge in [-0.1, -0.05) is 12.8 Å². The molecule has 1 aromatic carbocycles. The lowest BCUT2D eigenvalue weighted by Crippen LogP contribution is -2.33. The van der Waals surface area contributed by atoms with Gasteiger partial charge in [-0.15, -0.1) is 0 Å². The number of benzene rings is 1. The van der Waals surface area contributed by atoms with Gasteiger partial charge in [0.2, 0.25) is 0 Å². The molecule has 108 valence electrons. The largest absolute Gasteiger partial charge is 0.399 e. The van der Waals surface area contributed by atoms with Gasteiger partial charge in [0.1, 0.15) is 0 Å². The van der Waals surface area contributed by atoms with E-state index >= 15 is 0 Å². The second-order valence-corrected chi connectivity index (χ2v) is 5.50. The van der Waals surface area contributed by atoms with Gasteiger partial charge in [-0.2, -0.15) is 0 Å². The number of nitrogens with one attached hydrogen (secondary N) is 1. The summed E-state index contributed by atoms with van der Waals surface area (Å²) in [6, 6.07) is 5.05. The van der Waals surface area contributed by atoms with Crippen molar-refractivity contribution in [2.45, 2.75) is 31.7 Å². The quantitative estimate of drug-likeness (QED) is 0.823. The van der Waals surface area contributed by atoms with Crippen LogP contribution in [0.15, 0.2) is 18.2 Å². The minimum absolute atomic E-state index is 0.156. The van der Waals surface area contributed by atoms with Crippen molar-refractivity contribution in [3.05, 3.63) is 29.3 Å². The van der Waals surface area contributed by atoms with E-state index in [1.165, 1.54) is 4.90 Å². The maximum atomic E-state index is 12.2. The number of carbonyl (C=O) groups excluding carboxylic acids is 2. The maximum Gasteiger partial charge on any atom is 0.253 e. The molecule has 0 heterocycles. The Labute approximate surface area is 119 Å². The second-order valence-electron chi connectivity index (χ2n) is 5.50. The highest BCUT2D eigenvalue weighted by atomic mass is 16.2. The van der Waals surface area contributed by atoms with E-state index in [1.54, 1.807) is 32.3 Å². The fourth-order valence-corrected chi connectivity index (χ4v) is 2.50. The number of carbonyl (C=O) groups is 2. The van der Waals surface area contributed by atoms with Gasteiger partial charge in [0.15, 0.2) is 0 Å². The molecule has 1 saturated carbocycles. The highest BCUT2D eigenvalue weighted by molar-refractivity contribution is 6.00. The minimum atomic E-state index is -0.160. The topological polar surface area (TPSA) is 75.4 Å². The van der Waals surface area contributed by atoms with Crippen LogP contribution in [0.2, 0.25) is 0 Å². The molecule has 3 N–H and O–H groups in total. The van der Waals surface area contributed by atoms with Gasteiger partial charge in [-0.3, -0.25) is 9.59 Å². The molecular formula is C15H21N3O2. The van der Waals surface area contributed by atoms with Gasteiger partial charge in [-0.05, 0) is 31.0 Å². The first-order valence-electron chi connectivity index (χ1n) is 6.90.